The van der Waals surface area contributed by atoms with E-state index in [2.05, 4.69) is 9.97 Å². The number of rotatable bonds is 5. The Morgan fingerprint density at radius 1 is 1.32 bits per heavy atom. The predicted molar refractivity (Wildman–Crippen MR) is 92.3 cm³/mol. The van der Waals surface area contributed by atoms with Gasteiger partial charge in [-0.25, -0.2) is 4.98 Å². The Kier molecular flexibility index (Phi) is 4.78. The van der Waals surface area contributed by atoms with Crippen LogP contribution in [-0.2, 0) is 9.59 Å². The summed E-state index contributed by atoms with van der Waals surface area (Å²) in [5.41, 5.74) is 0. The molecule has 1 aromatic heterocycles. The van der Waals surface area contributed by atoms with Gasteiger partial charge < -0.3 is 19.4 Å². The third kappa shape index (κ3) is 3.67. The van der Waals surface area contributed by atoms with Gasteiger partial charge in [0.1, 0.15) is 0 Å². The number of nitrogens with zero attached hydrogens (tertiary/aromatic N) is 5. The maximum Gasteiger partial charge on any atom is 0.228 e. The van der Waals surface area contributed by atoms with Gasteiger partial charge in [-0.3, -0.25) is 9.59 Å². The van der Waals surface area contributed by atoms with Gasteiger partial charge in [0.25, 0.3) is 0 Å². The topological polar surface area (TPSA) is 78.9 Å². The fourth-order valence-corrected chi connectivity index (χ4v) is 3.22. The highest BCUT2D eigenvalue weighted by molar-refractivity contribution is 5.89. The molecule has 2 saturated heterocycles. The van der Waals surface area contributed by atoms with E-state index in [1.807, 2.05) is 23.6 Å². The van der Waals surface area contributed by atoms with Crippen molar-refractivity contribution in [2.75, 3.05) is 38.6 Å². The molecule has 0 N–H and O–H groups in total. The van der Waals surface area contributed by atoms with Crippen molar-refractivity contribution in [1.29, 1.82) is 0 Å². The Bertz CT molecular complexity index is 657. The van der Waals surface area contributed by atoms with Crippen LogP contribution in [0.15, 0.2) is 12.3 Å². The van der Waals surface area contributed by atoms with Gasteiger partial charge in [0.15, 0.2) is 0 Å². The molecule has 0 aliphatic carbocycles. The summed E-state index contributed by atoms with van der Waals surface area (Å²) < 4.78 is 5.60. The third-order valence-electron chi connectivity index (χ3n) is 4.51. The van der Waals surface area contributed by atoms with E-state index < -0.39 is 0 Å². The van der Waals surface area contributed by atoms with Gasteiger partial charge in [-0.05, 0) is 13.8 Å². The molecule has 3 heterocycles. The fourth-order valence-electron chi connectivity index (χ4n) is 3.22. The lowest BCUT2D eigenvalue weighted by molar-refractivity contribution is -0.133. The minimum Gasteiger partial charge on any atom is -0.475 e. The largest absolute Gasteiger partial charge is 0.475 e. The van der Waals surface area contributed by atoms with Crippen LogP contribution in [0.4, 0.5) is 5.95 Å². The maximum absolute atomic E-state index is 12.2. The molecular weight excluding hydrogens is 322 g/mol. The second kappa shape index (κ2) is 6.85. The van der Waals surface area contributed by atoms with Crippen molar-refractivity contribution in [2.24, 2.45) is 5.92 Å². The summed E-state index contributed by atoms with van der Waals surface area (Å²) >= 11 is 0. The van der Waals surface area contributed by atoms with E-state index in [9.17, 15) is 9.59 Å². The van der Waals surface area contributed by atoms with Crippen molar-refractivity contribution in [3.8, 4) is 5.88 Å². The van der Waals surface area contributed by atoms with Gasteiger partial charge in [0, 0.05) is 52.4 Å². The molecule has 0 saturated carbocycles. The molecule has 25 heavy (non-hydrogen) atoms. The van der Waals surface area contributed by atoms with E-state index in [-0.39, 0.29) is 29.9 Å². The highest BCUT2D eigenvalue weighted by Crippen LogP contribution is 2.28. The lowest BCUT2D eigenvalue weighted by atomic mass is 10.1. The number of likely N-dealkylation sites (tertiary alicyclic amines) is 1. The average molecular weight is 347 g/mol. The summed E-state index contributed by atoms with van der Waals surface area (Å²) in [4.78, 5) is 38.4. The molecule has 8 heteroatoms. The van der Waals surface area contributed by atoms with Crippen LogP contribution in [0.1, 0.15) is 20.3 Å². The number of carbonyl (C=O) groups excluding carboxylic acids is 2. The summed E-state index contributed by atoms with van der Waals surface area (Å²) in [6.07, 6.45) is 2.04. The molecule has 2 amide bonds. The van der Waals surface area contributed by atoms with Crippen molar-refractivity contribution in [3.05, 3.63) is 12.3 Å². The van der Waals surface area contributed by atoms with Crippen molar-refractivity contribution in [3.63, 3.8) is 0 Å². The summed E-state index contributed by atoms with van der Waals surface area (Å²) in [5.74, 6) is 1.02. The molecule has 0 spiro atoms. The lowest BCUT2D eigenvalue weighted by Gasteiger charge is -2.44. The normalized spacial score (nSPS) is 20.8. The standard InChI is InChI=1S/C17H25N5O3/c1-11(2)25-14-5-6-18-17(19-14)21-9-13(10-21)22-8-12(7-15(22)23)16(24)20(3)4/h5-6,11-13H,7-10H2,1-4H3. The van der Waals surface area contributed by atoms with Crippen LogP contribution in [0.3, 0.4) is 0 Å². The number of hydrogen-bond donors (Lipinski definition) is 0. The lowest BCUT2D eigenvalue weighted by Crippen LogP contribution is -2.60. The first-order valence-corrected chi connectivity index (χ1v) is 8.60. The molecule has 0 aromatic carbocycles. The minimum absolute atomic E-state index is 0.0221. The second-order valence-corrected chi connectivity index (χ2v) is 7.10. The molecule has 1 aromatic rings. The quantitative estimate of drug-likeness (QED) is 0.767. The first-order valence-electron chi connectivity index (χ1n) is 8.60. The van der Waals surface area contributed by atoms with Gasteiger partial charge in [0.05, 0.1) is 18.1 Å². The Morgan fingerprint density at radius 3 is 2.68 bits per heavy atom. The summed E-state index contributed by atoms with van der Waals surface area (Å²) in [5, 5.41) is 0. The number of carbonyl (C=O) groups is 2. The fraction of sp³-hybridized carbons (Fsp3) is 0.647. The number of amides is 2. The van der Waals surface area contributed by atoms with E-state index in [1.165, 1.54) is 0 Å². The molecular formula is C17H25N5O3. The van der Waals surface area contributed by atoms with E-state index >= 15 is 0 Å². The van der Waals surface area contributed by atoms with E-state index in [1.54, 1.807) is 31.3 Å². The zero-order valence-corrected chi connectivity index (χ0v) is 15.2. The Labute approximate surface area is 147 Å². The first-order chi connectivity index (χ1) is 11.8. The van der Waals surface area contributed by atoms with Gasteiger partial charge in [0.2, 0.25) is 23.6 Å². The molecule has 1 atom stereocenters. The predicted octanol–water partition coefficient (Wildman–Crippen LogP) is 0.389. The number of anilines is 1. The number of hydrogen-bond acceptors (Lipinski definition) is 6. The minimum atomic E-state index is -0.226. The molecule has 8 nitrogen and oxygen atoms in total. The van der Waals surface area contributed by atoms with Gasteiger partial charge in [-0.1, -0.05) is 0 Å². The smallest absolute Gasteiger partial charge is 0.228 e. The monoisotopic (exact) mass is 347 g/mol. The maximum atomic E-state index is 12.2. The average Bonchev–Trinajstić information content (AvgIpc) is 2.86. The third-order valence-corrected chi connectivity index (χ3v) is 4.51. The van der Waals surface area contributed by atoms with Gasteiger partial charge in [-0.2, -0.15) is 4.98 Å². The zero-order chi connectivity index (χ0) is 18.1. The van der Waals surface area contributed by atoms with Gasteiger partial charge in [-0.15, -0.1) is 0 Å². The van der Waals surface area contributed by atoms with E-state index in [0.29, 0.717) is 37.9 Å². The highest BCUT2D eigenvalue weighted by Gasteiger charge is 2.43. The second-order valence-electron chi connectivity index (χ2n) is 7.10. The summed E-state index contributed by atoms with van der Waals surface area (Å²) in [6.45, 7) is 5.77. The van der Waals surface area contributed by atoms with E-state index in [0.717, 1.165) is 0 Å². The Morgan fingerprint density at radius 2 is 2.04 bits per heavy atom. The summed E-state index contributed by atoms with van der Waals surface area (Å²) in [6, 6.07) is 1.85. The number of aromatic nitrogens is 2. The van der Waals surface area contributed by atoms with E-state index in [4.69, 9.17) is 4.74 Å². The summed E-state index contributed by atoms with van der Waals surface area (Å²) in [7, 11) is 3.45. The molecule has 3 rings (SSSR count). The van der Waals surface area contributed by atoms with Crippen LogP contribution in [0.25, 0.3) is 0 Å². The van der Waals surface area contributed by atoms with Crippen molar-refractivity contribution >= 4 is 17.8 Å². The van der Waals surface area contributed by atoms with Crippen molar-refractivity contribution in [2.45, 2.75) is 32.4 Å². The number of ether oxygens (including phenoxy) is 1. The van der Waals surface area contributed by atoms with Crippen LogP contribution < -0.4 is 9.64 Å². The molecule has 2 fully saturated rings. The molecule has 136 valence electrons. The van der Waals surface area contributed by atoms with Crippen molar-refractivity contribution < 1.29 is 14.3 Å². The van der Waals surface area contributed by atoms with Crippen LogP contribution in [0.2, 0.25) is 0 Å². The Hall–Kier alpha value is -2.38. The molecule has 1 unspecified atom stereocenters. The first kappa shape index (κ1) is 17.4. The SMILES string of the molecule is CC(C)Oc1ccnc(N2CC(N3CC(C(=O)N(C)C)CC3=O)C2)n1. The van der Waals surface area contributed by atoms with Crippen molar-refractivity contribution in [1.82, 2.24) is 19.8 Å². The van der Waals surface area contributed by atoms with Crippen LogP contribution in [0, 0.1) is 5.92 Å². The molecule has 0 bridgehead atoms. The zero-order valence-electron chi connectivity index (χ0n) is 15.2. The highest BCUT2D eigenvalue weighted by atomic mass is 16.5. The van der Waals surface area contributed by atoms with Crippen LogP contribution in [0.5, 0.6) is 5.88 Å². The molecule has 0 radical (unpaired) electrons. The molecule has 2 aliphatic rings. The van der Waals surface area contributed by atoms with Crippen LogP contribution in [-0.4, -0.2) is 77.5 Å². The Balaban J connectivity index is 1.58. The van der Waals surface area contributed by atoms with Gasteiger partial charge >= 0.3 is 0 Å². The van der Waals surface area contributed by atoms with Crippen LogP contribution >= 0.6 is 0 Å². The molecule has 2 aliphatic heterocycles.